The Hall–Kier alpha value is -2.96. The first kappa shape index (κ1) is 20.3. The summed E-state index contributed by atoms with van der Waals surface area (Å²) < 4.78 is 6.44. The molecule has 30 heavy (non-hydrogen) atoms. The first-order valence-corrected chi connectivity index (χ1v) is 10.7. The highest BCUT2D eigenvalue weighted by Gasteiger charge is 2.22. The summed E-state index contributed by atoms with van der Waals surface area (Å²) in [7, 11) is 0. The van der Waals surface area contributed by atoms with Crippen molar-refractivity contribution in [1.82, 2.24) is 9.97 Å². The molecule has 7 heteroatoms. The molecule has 0 atom stereocenters. The van der Waals surface area contributed by atoms with E-state index in [0.717, 1.165) is 27.1 Å². The summed E-state index contributed by atoms with van der Waals surface area (Å²) in [6.07, 6.45) is 3.44. The van der Waals surface area contributed by atoms with Crippen LogP contribution >= 0.6 is 22.9 Å². The van der Waals surface area contributed by atoms with Gasteiger partial charge in [0.2, 0.25) is 0 Å². The Balaban J connectivity index is 1.74. The maximum atomic E-state index is 13.5. The molecule has 0 fully saturated rings. The molecule has 0 N–H and O–H groups in total. The lowest BCUT2D eigenvalue weighted by molar-refractivity contribution is 0.0985. The van der Waals surface area contributed by atoms with Crippen LogP contribution in [-0.4, -0.2) is 22.5 Å². The van der Waals surface area contributed by atoms with Crippen molar-refractivity contribution < 1.29 is 9.53 Å². The Morgan fingerprint density at radius 2 is 1.87 bits per heavy atom. The van der Waals surface area contributed by atoms with E-state index in [9.17, 15) is 4.79 Å². The maximum Gasteiger partial charge on any atom is 0.260 e. The van der Waals surface area contributed by atoms with E-state index in [1.807, 2.05) is 50.2 Å². The topological polar surface area (TPSA) is 55.3 Å². The van der Waals surface area contributed by atoms with E-state index in [2.05, 4.69) is 4.98 Å². The summed E-state index contributed by atoms with van der Waals surface area (Å²) >= 11 is 7.68. The molecule has 0 aliphatic heterocycles. The number of halogens is 1. The maximum absolute atomic E-state index is 13.5. The van der Waals surface area contributed by atoms with Gasteiger partial charge in [-0.2, -0.15) is 0 Å². The number of hydrogen-bond donors (Lipinski definition) is 0. The molecule has 0 aliphatic rings. The van der Waals surface area contributed by atoms with Crippen molar-refractivity contribution in [3.63, 3.8) is 0 Å². The zero-order chi connectivity index (χ0) is 21.1. The average Bonchev–Trinajstić information content (AvgIpc) is 3.17. The third-order valence-corrected chi connectivity index (χ3v) is 5.86. The van der Waals surface area contributed by atoms with Gasteiger partial charge >= 0.3 is 0 Å². The minimum absolute atomic E-state index is 0.127. The number of nitrogens with zero attached hydrogens (tertiary/aromatic N) is 3. The van der Waals surface area contributed by atoms with Crippen LogP contribution in [0.5, 0.6) is 5.75 Å². The van der Waals surface area contributed by atoms with Crippen molar-refractivity contribution in [3.8, 4) is 5.75 Å². The van der Waals surface area contributed by atoms with Crippen LogP contribution in [0.4, 0.5) is 5.13 Å². The largest absolute Gasteiger partial charge is 0.494 e. The van der Waals surface area contributed by atoms with E-state index in [0.29, 0.717) is 28.9 Å². The number of benzene rings is 2. The number of carbonyl (C=O) groups excluding carboxylic acids is 1. The summed E-state index contributed by atoms with van der Waals surface area (Å²) in [6.45, 7) is 4.87. The Kier molecular flexibility index (Phi) is 5.97. The van der Waals surface area contributed by atoms with Gasteiger partial charge < -0.3 is 4.74 Å². The van der Waals surface area contributed by atoms with E-state index < -0.39 is 0 Å². The molecule has 0 bridgehead atoms. The lowest BCUT2D eigenvalue weighted by Gasteiger charge is -2.20. The van der Waals surface area contributed by atoms with Crippen LogP contribution in [0.2, 0.25) is 5.02 Å². The summed E-state index contributed by atoms with van der Waals surface area (Å²) in [5, 5.41) is 1.29. The quantitative estimate of drug-likeness (QED) is 0.377. The lowest BCUT2D eigenvalue weighted by atomic mass is 10.1. The molecule has 0 spiro atoms. The van der Waals surface area contributed by atoms with Gasteiger partial charge in [0.15, 0.2) is 5.13 Å². The van der Waals surface area contributed by atoms with Gasteiger partial charge in [-0.25, -0.2) is 4.98 Å². The summed E-state index contributed by atoms with van der Waals surface area (Å²) in [4.78, 5) is 24.0. The Bertz CT molecular complexity index is 1180. The third-order valence-electron chi connectivity index (χ3n) is 4.62. The van der Waals surface area contributed by atoms with Crippen molar-refractivity contribution in [3.05, 3.63) is 82.6 Å². The van der Waals surface area contributed by atoms with Crippen molar-refractivity contribution >= 4 is 44.2 Å². The molecule has 4 aromatic rings. The van der Waals surface area contributed by atoms with E-state index in [1.54, 1.807) is 29.4 Å². The number of thiazole rings is 1. The highest BCUT2D eigenvalue weighted by atomic mass is 35.5. The van der Waals surface area contributed by atoms with Crippen LogP contribution in [0.1, 0.15) is 28.4 Å². The van der Waals surface area contributed by atoms with Crippen molar-refractivity contribution in [2.24, 2.45) is 0 Å². The predicted octanol–water partition coefficient (Wildman–Crippen LogP) is 5.90. The molecule has 0 unspecified atom stereocenters. The van der Waals surface area contributed by atoms with Gasteiger partial charge in [0, 0.05) is 23.0 Å². The monoisotopic (exact) mass is 437 g/mol. The fourth-order valence-electron chi connectivity index (χ4n) is 3.17. The van der Waals surface area contributed by atoms with Crippen molar-refractivity contribution in [2.75, 3.05) is 11.5 Å². The van der Waals surface area contributed by atoms with Crippen molar-refractivity contribution in [1.29, 1.82) is 0 Å². The number of aromatic nitrogens is 2. The standard InChI is InChI=1S/C23H20ClN3O2S/c1-3-29-19-6-4-17(5-7-19)22(28)27(14-16-8-10-25-11-9-16)23-26-21-15(2)12-18(24)13-20(21)30-23/h4-13H,3,14H2,1-2H3. The number of ether oxygens (including phenoxy) is 1. The van der Waals surface area contributed by atoms with Crippen molar-refractivity contribution in [2.45, 2.75) is 20.4 Å². The van der Waals surface area contributed by atoms with Crippen LogP contribution < -0.4 is 9.64 Å². The Labute approximate surface area is 183 Å². The molecular formula is C23H20ClN3O2S. The lowest BCUT2D eigenvalue weighted by Crippen LogP contribution is -2.30. The van der Waals surface area contributed by atoms with Crippen LogP contribution in [0.3, 0.4) is 0 Å². The first-order valence-electron chi connectivity index (χ1n) is 9.55. The smallest absolute Gasteiger partial charge is 0.260 e. The molecule has 2 aromatic heterocycles. The molecule has 2 aromatic carbocycles. The second-order valence-electron chi connectivity index (χ2n) is 6.77. The number of anilines is 1. The van der Waals surface area contributed by atoms with Gasteiger partial charge in [0.1, 0.15) is 5.75 Å². The fraction of sp³-hybridized carbons (Fsp3) is 0.174. The highest BCUT2D eigenvalue weighted by molar-refractivity contribution is 7.22. The molecule has 152 valence electrons. The number of pyridine rings is 1. The molecular weight excluding hydrogens is 418 g/mol. The summed E-state index contributed by atoms with van der Waals surface area (Å²) in [6, 6.07) is 14.7. The zero-order valence-corrected chi connectivity index (χ0v) is 18.2. The fourth-order valence-corrected chi connectivity index (χ4v) is 4.59. The Morgan fingerprint density at radius 3 is 2.57 bits per heavy atom. The second kappa shape index (κ2) is 8.81. The van der Waals surface area contributed by atoms with Gasteiger partial charge in [-0.1, -0.05) is 22.9 Å². The van der Waals surface area contributed by atoms with Crippen LogP contribution in [-0.2, 0) is 6.54 Å². The van der Waals surface area contributed by atoms with E-state index in [1.165, 1.54) is 11.3 Å². The van der Waals surface area contributed by atoms with Crippen LogP contribution in [0, 0.1) is 6.92 Å². The Morgan fingerprint density at radius 1 is 1.13 bits per heavy atom. The average molecular weight is 438 g/mol. The third kappa shape index (κ3) is 4.30. The number of carbonyl (C=O) groups is 1. The van der Waals surface area contributed by atoms with Gasteiger partial charge in [-0.05, 0) is 73.5 Å². The summed E-state index contributed by atoms with van der Waals surface area (Å²) in [5.41, 5.74) is 3.39. The zero-order valence-electron chi connectivity index (χ0n) is 16.6. The molecule has 0 aliphatic carbocycles. The van der Waals surface area contributed by atoms with Crippen LogP contribution in [0.15, 0.2) is 60.9 Å². The summed E-state index contributed by atoms with van der Waals surface area (Å²) in [5.74, 6) is 0.609. The molecule has 0 radical (unpaired) electrons. The minimum Gasteiger partial charge on any atom is -0.494 e. The molecule has 1 amide bonds. The molecule has 5 nitrogen and oxygen atoms in total. The molecule has 4 rings (SSSR count). The van der Waals surface area contributed by atoms with E-state index in [4.69, 9.17) is 21.3 Å². The van der Waals surface area contributed by atoms with E-state index in [-0.39, 0.29) is 5.91 Å². The van der Waals surface area contributed by atoms with E-state index >= 15 is 0 Å². The first-order chi connectivity index (χ1) is 14.5. The number of rotatable bonds is 6. The van der Waals surface area contributed by atoms with Gasteiger partial charge in [0.05, 0.1) is 23.4 Å². The predicted molar refractivity (Wildman–Crippen MR) is 122 cm³/mol. The van der Waals surface area contributed by atoms with Crippen LogP contribution in [0.25, 0.3) is 10.2 Å². The highest BCUT2D eigenvalue weighted by Crippen LogP contribution is 2.34. The molecule has 2 heterocycles. The number of amides is 1. The minimum atomic E-state index is -0.127. The van der Waals surface area contributed by atoms with Gasteiger partial charge in [-0.15, -0.1) is 0 Å². The van der Waals surface area contributed by atoms with Gasteiger partial charge in [0.25, 0.3) is 5.91 Å². The molecule has 0 saturated heterocycles. The normalized spacial score (nSPS) is 10.9. The molecule has 0 saturated carbocycles. The number of hydrogen-bond acceptors (Lipinski definition) is 5. The van der Waals surface area contributed by atoms with Gasteiger partial charge in [-0.3, -0.25) is 14.7 Å². The number of aryl methyl sites for hydroxylation is 1. The second-order valence-corrected chi connectivity index (χ2v) is 8.22. The SMILES string of the molecule is CCOc1ccc(C(=O)N(Cc2ccncc2)c2nc3c(C)cc(Cl)cc3s2)cc1. The number of fused-ring (bicyclic) bond motifs is 1.